The third-order valence-electron chi connectivity index (χ3n) is 1.98. The second-order valence-electron chi connectivity index (χ2n) is 3.62. The lowest BCUT2D eigenvalue weighted by molar-refractivity contribution is 0.273. The van der Waals surface area contributed by atoms with E-state index in [1.54, 1.807) is 0 Å². The van der Waals surface area contributed by atoms with Crippen molar-refractivity contribution >= 4 is 5.82 Å². The zero-order valence-corrected chi connectivity index (χ0v) is 9.66. The molecule has 1 aromatic heterocycles. The summed E-state index contributed by atoms with van der Waals surface area (Å²) < 4.78 is 5.52. The Morgan fingerprint density at radius 2 is 2.20 bits per heavy atom. The Kier molecular flexibility index (Phi) is 4.90. The average molecular weight is 209 g/mol. The zero-order chi connectivity index (χ0) is 11.1. The van der Waals surface area contributed by atoms with E-state index in [0.29, 0.717) is 12.5 Å². The quantitative estimate of drug-likeness (QED) is 0.720. The molecule has 0 amide bonds. The standard InChI is InChI=1S/C11H19N3O/c1-12-10-6-4-7-11(13-10)15-9-5-8-14(2)3/h4,6-7H,5,8-9H2,1-3H3,(H,12,13). The van der Waals surface area contributed by atoms with E-state index < -0.39 is 0 Å². The minimum absolute atomic E-state index is 0.681. The van der Waals surface area contributed by atoms with Gasteiger partial charge in [0.25, 0.3) is 0 Å². The van der Waals surface area contributed by atoms with E-state index in [-0.39, 0.29) is 0 Å². The summed E-state index contributed by atoms with van der Waals surface area (Å²) in [5, 5.41) is 2.98. The van der Waals surface area contributed by atoms with Crippen LogP contribution in [0, 0.1) is 0 Å². The van der Waals surface area contributed by atoms with Gasteiger partial charge in [0.15, 0.2) is 0 Å². The normalized spacial score (nSPS) is 10.4. The molecule has 0 unspecified atom stereocenters. The fraction of sp³-hybridized carbons (Fsp3) is 0.545. The molecule has 0 fully saturated rings. The van der Waals surface area contributed by atoms with Gasteiger partial charge in [-0.1, -0.05) is 6.07 Å². The lowest BCUT2D eigenvalue weighted by Gasteiger charge is -2.10. The molecule has 0 radical (unpaired) electrons. The summed E-state index contributed by atoms with van der Waals surface area (Å²) in [7, 11) is 5.96. The molecular weight excluding hydrogens is 190 g/mol. The van der Waals surface area contributed by atoms with Gasteiger partial charge in [-0.3, -0.25) is 0 Å². The van der Waals surface area contributed by atoms with Crippen LogP contribution in [0.25, 0.3) is 0 Å². The van der Waals surface area contributed by atoms with E-state index in [2.05, 4.69) is 29.3 Å². The number of hydrogen-bond acceptors (Lipinski definition) is 4. The number of nitrogens with zero attached hydrogens (tertiary/aromatic N) is 2. The highest BCUT2D eigenvalue weighted by atomic mass is 16.5. The van der Waals surface area contributed by atoms with E-state index in [9.17, 15) is 0 Å². The van der Waals surface area contributed by atoms with Crippen molar-refractivity contribution in [1.82, 2.24) is 9.88 Å². The lowest BCUT2D eigenvalue weighted by Crippen LogP contribution is -2.15. The van der Waals surface area contributed by atoms with Crippen molar-refractivity contribution < 1.29 is 4.74 Å². The molecule has 1 heterocycles. The van der Waals surface area contributed by atoms with Crippen LogP contribution >= 0.6 is 0 Å². The number of hydrogen-bond donors (Lipinski definition) is 1. The molecule has 4 nitrogen and oxygen atoms in total. The number of aromatic nitrogens is 1. The van der Waals surface area contributed by atoms with Crippen molar-refractivity contribution in [2.24, 2.45) is 0 Å². The highest BCUT2D eigenvalue weighted by molar-refractivity contribution is 5.35. The number of rotatable bonds is 6. The van der Waals surface area contributed by atoms with Gasteiger partial charge in [-0.15, -0.1) is 0 Å². The van der Waals surface area contributed by atoms with E-state index in [4.69, 9.17) is 4.74 Å². The summed E-state index contributed by atoms with van der Waals surface area (Å²) in [6, 6.07) is 5.71. The van der Waals surface area contributed by atoms with Gasteiger partial charge in [-0.05, 0) is 26.6 Å². The molecule has 0 spiro atoms. The van der Waals surface area contributed by atoms with Gasteiger partial charge < -0.3 is 15.0 Å². The van der Waals surface area contributed by atoms with E-state index in [1.807, 2.05) is 25.2 Å². The van der Waals surface area contributed by atoms with Crippen LogP contribution < -0.4 is 10.1 Å². The average Bonchev–Trinajstić information content (AvgIpc) is 2.24. The summed E-state index contributed by atoms with van der Waals surface area (Å²) >= 11 is 0. The summed E-state index contributed by atoms with van der Waals surface area (Å²) in [5.74, 6) is 1.51. The monoisotopic (exact) mass is 209 g/mol. The van der Waals surface area contributed by atoms with Gasteiger partial charge in [0.1, 0.15) is 5.82 Å². The Morgan fingerprint density at radius 3 is 2.87 bits per heavy atom. The number of ether oxygens (including phenoxy) is 1. The maximum atomic E-state index is 5.52. The Labute approximate surface area is 91.3 Å². The Morgan fingerprint density at radius 1 is 1.40 bits per heavy atom. The second-order valence-corrected chi connectivity index (χ2v) is 3.62. The fourth-order valence-corrected chi connectivity index (χ4v) is 1.19. The molecule has 0 saturated carbocycles. The Bertz CT molecular complexity index is 289. The van der Waals surface area contributed by atoms with Crippen molar-refractivity contribution in [2.75, 3.05) is 39.6 Å². The van der Waals surface area contributed by atoms with Crippen LogP contribution in [0.5, 0.6) is 5.88 Å². The van der Waals surface area contributed by atoms with Crippen LogP contribution in [-0.4, -0.2) is 44.2 Å². The van der Waals surface area contributed by atoms with Crippen molar-refractivity contribution in [1.29, 1.82) is 0 Å². The number of pyridine rings is 1. The predicted molar refractivity (Wildman–Crippen MR) is 62.4 cm³/mol. The first-order chi connectivity index (χ1) is 7.22. The molecule has 0 bridgehead atoms. The fourth-order valence-electron chi connectivity index (χ4n) is 1.19. The Balaban J connectivity index is 2.30. The molecule has 0 aliphatic heterocycles. The predicted octanol–water partition coefficient (Wildman–Crippen LogP) is 1.45. The Hall–Kier alpha value is -1.29. The maximum absolute atomic E-state index is 5.52. The van der Waals surface area contributed by atoms with E-state index in [0.717, 1.165) is 18.8 Å². The first-order valence-corrected chi connectivity index (χ1v) is 5.14. The molecule has 0 atom stereocenters. The third kappa shape index (κ3) is 4.65. The van der Waals surface area contributed by atoms with Crippen molar-refractivity contribution in [3.05, 3.63) is 18.2 Å². The van der Waals surface area contributed by atoms with Gasteiger partial charge in [-0.25, -0.2) is 0 Å². The van der Waals surface area contributed by atoms with Crippen molar-refractivity contribution in [3.8, 4) is 5.88 Å². The van der Waals surface area contributed by atoms with Crippen LogP contribution in [0.3, 0.4) is 0 Å². The molecule has 1 aromatic rings. The maximum Gasteiger partial charge on any atom is 0.215 e. The largest absolute Gasteiger partial charge is 0.478 e. The minimum Gasteiger partial charge on any atom is -0.478 e. The number of nitrogens with one attached hydrogen (secondary N) is 1. The molecule has 4 heteroatoms. The number of anilines is 1. The second kappa shape index (κ2) is 6.24. The molecule has 84 valence electrons. The smallest absolute Gasteiger partial charge is 0.215 e. The third-order valence-corrected chi connectivity index (χ3v) is 1.98. The molecule has 0 aliphatic carbocycles. The molecule has 0 aliphatic rings. The summed E-state index contributed by atoms with van der Waals surface area (Å²) in [6.07, 6.45) is 1.01. The van der Waals surface area contributed by atoms with Gasteiger partial charge >= 0.3 is 0 Å². The first kappa shape index (κ1) is 11.8. The highest BCUT2D eigenvalue weighted by Crippen LogP contribution is 2.10. The lowest BCUT2D eigenvalue weighted by atomic mass is 10.4. The molecule has 1 rings (SSSR count). The first-order valence-electron chi connectivity index (χ1n) is 5.14. The van der Waals surface area contributed by atoms with Gasteiger partial charge in [-0.2, -0.15) is 4.98 Å². The van der Waals surface area contributed by atoms with Crippen LogP contribution in [-0.2, 0) is 0 Å². The zero-order valence-electron chi connectivity index (χ0n) is 9.66. The molecule has 0 aromatic carbocycles. The van der Waals surface area contributed by atoms with E-state index in [1.165, 1.54) is 0 Å². The topological polar surface area (TPSA) is 37.4 Å². The minimum atomic E-state index is 0.681. The van der Waals surface area contributed by atoms with Gasteiger partial charge in [0.2, 0.25) is 5.88 Å². The van der Waals surface area contributed by atoms with Gasteiger partial charge in [0.05, 0.1) is 6.61 Å². The van der Waals surface area contributed by atoms with Crippen LogP contribution in [0.1, 0.15) is 6.42 Å². The SMILES string of the molecule is CNc1cccc(OCCCN(C)C)n1. The summed E-state index contributed by atoms with van der Waals surface area (Å²) in [6.45, 7) is 1.74. The molecule has 1 N–H and O–H groups in total. The summed E-state index contributed by atoms with van der Waals surface area (Å²) in [5.41, 5.74) is 0. The van der Waals surface area contributed by atoms with Crippen molar-refractivity contribution in [2.45, 2.75) is 6.42 Å². The van der Waals surface area contributed by atoms with Crippen LogP contribution in [0.15, 0.2) is 18.2 Å². The molecular formula is C11H19N3O. The van der Waals surface area contributed by atoms with Crippen LogP contribution in [0.2, 0.25) is 0 Å². The van der Waals surface area contributed by atoms with E-state index >= 15 is 0 Å². The van der Waals surface area contributed by atoms with Gasteiger partial charge in [0, 0.05) is 19.7 Å². The van der Waals surface area contributed by atoms with Crippen LogP contribution in [0.4, 0.5) is 5.82 Å². The molecule has 15 heavy (non-hydrogen) atoms. The summed E-state index contributed by atoms with van der Waals surface area (Å²) in [4.78, 5) is 6.40. The van der Waals surface area contributed by atoms with Crippen molar-refractivity contribution in [3.63, 3.8) is 0 Å². The molecule has 0 saturated heterocycles. The highest BCUT2D eigenvalue weighted by Gasteiger charge is 1.97.